The number of hydrogen-bond acceptors (Lipinski definition) is 5. The van der Waals surface area contributed by atoms with E-state index in [1.165, 1.54) is 0 Å². The molecule has 0 radical (unpaired) electrons. The summed E-state index contributed by atoms with van der Waals surface area (Å²) in [5.74, 6) is 0.804. The third-order valence-corrected chi connectivity index (χ3v) is 2.74. The Kier molecular flexibility index (Phi) is 2.44. The molecule has 0 aliphatic heterocycles. The van der Waals surface area contributed by atoms with Crippen LogP contribution in [0.4, 0.5) is 5.82 Å². The molecule has 0 N–H and O–H groups in total. The normalized spacial score (nSPS) is 11.0. The van der Waals surface area contributed by atoms with E-state index in [2.05, 4.69) is 20.3 Å². The van der Waals surface area contributed by atoms with Gasteiger partial charge in [-0.05, 0) is 0 Å². The highest BCUT2D eigenvalue weighted by atomic mass is 15.3. The average molecular weight is 243 g/mol. The van der Waals surface area contributed by atoms with Gasteiger partial charge in [0.15, 0.2) is 5.82 Å². The van der Waals surface area contributed by atoms with Crippen LogP contribution in [0.5, 0.6) is 0 Å². The Labute approximate surface area is 104 Å². The van der Waals surface area contributed by atoms with Gasteiger partial charge in [-0.2, -0.15) is 5.10 Å². The molecule has 3 rings (SSSR count). The molecule has 0 bridgehead atoms. The van der Waals surface area contributed by atoms with E-state index in [1.54, 1.807) is 17.2 Å². The fraction of sp³-hybridized carbons (Fsp3) is 0.273. The van der Waals surface area contributed by atoms with E-state index in [9.17, 15) is 0 Å². The molecule has 0 fully saturated rings. The zero-order chi connectivity index (χ0) is 12.5. The van der Waals surface area contributed by atoms with Crippen molar-refractivity contribution in [2.24, 2.45) is 7.05 Å². The standard InChI is InChI=1S/C11H13N7/c1-16(6-9-5-14-17(2)7-9)10-11-15-13-8-18(11)4-3-12-10/h3-5,7-8H,6H2,1-2H3. The summed E-state index contributed by atoms with van der Waals surface area (Å²) in [5.41, 5.74) is 1.88. The van der Waals surface area contributed by atoms with E-state index in [-0.39, 0.29) is 0 Å². The van der Waals surface area contributed by atoms with Gasteiger partial charge in [0.25, 0.3) is 0 Å². The Morgan fingerprint density at radius 2 is 2.28 bits per heavy atom. The summed E-state index contributed by atoms with van der Waals surface area (Å²) in [4.78, 5) is 6.39. The first-order chi connectivity index (χ1) is 8.74. The molecule has 18 heavy (non-hydrogen) atoms. The minimum Gasteiger partial charge on any atom is -0.352 e. The molecule has 0 atom stereocenters. The summed E-state index contributed by atoms with van der Waals surface area (Å²) in [5, 5.41) is 12.1. The van der Waals surface area contributed by atoms with Crippen LogP contribution >= 0.6 is 0 Å². The fourth-order valence-electron chi connectivity index (χ4n) is 1.92. The molecule has 0 aliphatic rings. The van der Waals surface area contributed by atoms with Gasteiger partial charge < -0.3 is 4.90 Å². The van der Waals surface area contributed by atoms with Crippen LogP contribution in [0.25, 0.3) is 5.65 Å². The average Bonchev–Trinajstić information content (AvgIpc) is 2.97. The zero-order valence-corrected chi connectivity index (χ0v) is 10.2. The van der Waals surface area contributed by atoms with Crippen LogP contribution in [-0.2, 0) is 13.6 Å². The third-order valence-electron chi connectivity index (χ3n) is 2.74. The first-order valence-electron chi connectivity index (χ1n) is 5.57. The topological polar surface area (TPSA) is 64.1 Å². The molecule has 7 nitrogen and oxygen atoms in total. The van der Waals surface area contributed by atoms with Crippen LogP contribution in [0.3, 0.4) is 0 Å². The molecule has 92 valence electrons. The molecule has 3 heterocycles. The Bertz CT molecular complexity index is 669. The predicted molar refractivity (Wildman–Crippen MR) is 66.1 cm³/mol. The van der Waals surface area contributed by atoms with E-state index in [0.717, 1.165) is 23.6 Å². The lowest BCUT2D eigenvalue weighted by atomic mass is 10.3. The Balaban J connectivity index is 1.92. The van der Waals surface area contributed by atoms with Crippen molar-refractivity contribution in [1.82, 2.24) is 29.4 Å². The molecule has 0 aliphatic carbocycles. The van der Waals surface area contributed by atoms with Crippen molar-refractivity contribution < 1.29 is 0 Å². The number of aromatic nitrogens is 6. The zero-order valence-electron chi connectivity index (χ0n) is 10.2. The first kappa shape index (κ1) is 10.7. The number of hydrogen-bond donors (Lipinski definition) is 0. The molecular weight excluding hydrogens is 230 g/mol. The lowest BCUT2D eigenvalue weighted by Gasteiger charge is -2.17. The van der Waals surface area contributed by atoms with E-state index >= 15 is 0 Å². The summed E-state index contributed by atoms with van der Waals surface area (Å²) in [6.45, 7) is 0.730. The maximum atomic E-state index is 4.36. The van der Waals surface area contributed by atoms with Gasteiger partial charge in [-0.15, -0.1) is 10.2 Å². The maximum absolute atomic E-state index is 4.36. The summed E-state index contributed by atoms with van der Waals surface area (Å²) >= 11 is 0. The van der Waals surface area contributed by atoms with Crippen molar-refractivity contribution in [3.63, 3.8) is 0 Å². The number of nitrogens with zero attached hydrogens (tertiary/aromatic N) is 7. The van der Waals surface area contributed by atoms with Crippen LogP contribution in [0.2, 0.25) is 0 Å². The van der Waals surface area contributed by atoms with Crippen molar-refractivity contribution in [3.8, 4) is 0 Å². The summed E-state index contributed by atoms with van der Waals surface area (Å²) in [6.07, 6.45) is 9.07. The van der Waals surface area contributed by atoms with Crippen LogP contribution < -0.4 is 4.90 Å². The van der Waals surface area contributed by atoms with Crippen LogP contribution in [-0.4, -0.2) is 36.4 Å². The monoisotopic (exact) mass is 243 g/mol. The molecule has 3 aromatic rings. The SMILES string of the molecule is CN(Cc1cnn(C)c1)c1nccn2cnnc12. The van der Waals surface area contributed by atoms with E-state index in [1.807, 2.05) is 42.0 Å². The highest BCUT2D eigenvalue weighted by Crippen LogP contribution is 2.16. The van der Waals surface area contributed by atoms with Crippen LogP contribution in [0.1, 0.15) is 5.56 Å². The summed E-state index contributed by atoms with van der Waals surface area (Å²) < 4.78 is 3.64. The maximum Gasteiger partial charge on any atom is 0.203 e. The Morgan fingerprint density at radius 3 is 3.06 bits per heavy atom. The first-order valence-corrected chi connectivity index (χ1v) is 5.57. The van der Waals surface area contributed by atoms with Gasteiger partial charge in [0.05, 0.1) is 6.20 Å². The third kappa shape index (κ3) is 1.79. The molecule has 0 unspecified atom stereocenters. The smallest absolute Gasteiger partial charge is 0.203 e. The van der Waals surface area contributed by atoms with E-state index in [0.29, 0.717) is 0 Å². The van der Waals surface area contributed by atoms with Crippen molar-refractivity contribution in [3.05, 3.63) is 36.7 Å². The second kappa shape index (κ2) is 4.10. The van der Waals surface area contributed by atoms with Gasteiger partial charge in [0.1, 0.15) is 6.33 Å². The lowest BCUT2D eigenvalue weighted by Crippen LogP contribution is -2.18. The Morgan fingerprint density at radius 1 is 1.39 bits per heavy atom. The molecule has 0 saturated carbocycles. The van der Waals surface area contributed by atoms with E-state index < -0.39 is 0 Å². The molecule has 7 heteroatoms. The molecular formula is C11H13N7. The summed E-state index contributed by atoms with van der Waals surface area (Å²) in [6, 6.07) is 0. The quantitative estimate of drug-likeness (QED) is 0.670. The summed E-state index contributed by atoms with van der Waals surface area (Å²) in [7, 11) is 3.88. The molecule has 0 saturated heterocycles. The highest BCUT2D eigenvalue weighted by Gasteiger charge is 2.10. The number of fused-ring (bicyclic) bond motifs is 1. The minimum absolute atomic E-state index is 0.730. The minimum atomic E-state index is 0.730. The number of aryl methyl sites for hydroxylation is 1. The number of rotatable bonds is 3. The van der Waals surface area contributed by atoms with Gasteiger partial charge >= 0.3 is 0 Å². The largest absolute Gasteiger partial charge is 0.352 e. The van der Waals surface area contributed by atoms with Gasteiger partial charge in [0.2, 0.25) is 5.65 Å². The van der Waals surface area contributed by atoms with Crippen molar-refractivity contribution in [2.45, 2.75) is 6.54 Å². The van der Waals surface area contributed by atoms with Crippen molar-refractivity contribution >= 4 is 11.5 Å². The van der Waals surface area contributed by atoms with Crippen molar-refractivity contribution in [2.75, 3.05) is 11.9 Å². The van der Waals surface area contributed by atoms with Crippen LogP contribution in [0.15, 0.2) is 31.1 Å². The van der Waals surface area contributed by atoms with Crippen molar-refractivity contribution in [1.29, 1.82) is 0 Å². The van der Waals surface area contributed by atoms with Gasteiger partial charge in [-0.1, -0.05) is 0 Å². The Hall–Kier alpha value is -2.44. The molecule has 0 spiro atoms. The second-order valence-electron chi connectivity index (χ2n) is 4.19. The predicted octanol–water partition coefficient (Wildman–Crippen LogP) is 0.494. The van der Waals surface area contributed by atoms with Gasteiger partial charge in [-0.3, -0.25) is 9.08 Å². The highest BCUT2D eigenvalue weighted by molar-refractivity contribution is 5.62. The number of anilines is 1. The second-order valence-corrected chi connectivity index (χ2v) is 4.19. The fourth-order valence-corrected chi connectivity index (χ4v) is 1.92. The molecule has 3 aromatic heterocycles. The van der Waals surface area contributed by atoms with Gasteiger partial charge in [-0.25, -0.2) is 4.98 Å². The molecule has 0 aromatic carbocycles. The van der Waals surface area contributed by atoms with Gasteiger partial charge in [0, 0.05) is 44.8 Å². The molecule has 0 amide bonds. The van der Waals surface area contributed by atoms with Crippen LogP contribution in [0, 0.1) is 0 Å². The van der Waals surface area contributed by atoms with E-state index in [4.69, 9.17) is 0 Å². The lowest BCUT2D eigenvalue weighted by molar-refractivity contribution is 0.766.